The van der Waals surface area contributed by atoms with Gasteiger partial charge in [0.25, 0.3) is 0 Å². The Labute approximate surface area is 217 Å². The molecule has 3 heterocycles. The van der Waals surface area contributed by atoms with Crippen LogP contribution in [0.15, 0.2) is 60.4 Å². The van der Waals surface area contributed by atoms with Crippen molar-refractivity contribution < 1.29 is 14.2 Å². The molecule has 1 fully saturated rings. The van der Waals surface area contributed by atoms with Gasteiger partial charge in [0.2, 0.25) is 0 Å². The van der Waals surface area contributed by atoms with E-state index in [2.05, 4.69) is 22.0 Å². The average molecular weight is 503 g/mol. The number of nitrogens with one attached hydrogen (secondary N) is 1. The van der Waals surface area contributed by atoms with Gasteiger partial charge in [-0.2, -0.15) is 0 Å². The van der Waals surface area contributed by atoms with E-state index in [9.17, 15) is 5.11 Å². The van der Waals surface area contributed by atoms with Gasteiger partial charge in [-0.3, -0.25) is 4.98 Å². The van der Waals surface area contributed by atoms with E-state index in [-0.39, 0.29) is 12.0 Å². The van der Waals surface area contributed by atoms with Crippen LogP contribution in [0.2, 0.25) is 0 Å². The first-order chi connectivity index (χ1) is 17.7. The van der Waals surface area contributed by atoms with Gasteiger partial charge in [-0.25, -0.2) is 4.39 Å². The number of rotatable bonds is 6. The Morgan fingerprint density at radius 3 is 2.49 bits per heavy atom. The first-order valence-corrected chi connectivity index (χ1v) is 12.8. The Morgan fingerprint density at radius 2 is 1.86 bits per heavy atom. The molecule has 5 rings (SSSR count). The van der Waals surface area contributed by atoms with Crippen molar-refractivity contribution in [3.05, 3.63) is 82.9 Å². The quantitative estimate of drug-likeness (QED) is 0.327. The van der Waals surface area contributed by atoms with Gasteiger partial charge in [0.1, 0.15) is 5.82 Å². The smallest absolute Gasteiger partial charge is 0.135 e. The van der Waals surface area contributed by atoms with Gasteiger partial charge < -0.3 is 25.5 Å². The lowest BCUT2D eigenvalue weighted by Crippen LogP contribution is -2.27. The third kappa shape index (κ3) is 4.58. The second-order valence-electron chi connectivity index (χ2n) is 10.5. The highest BCUT2D eigenvalue weighted by Gasteiger charge is 2.32. The summed E-state index contributed by atoms with van der Waals surface area (Å²) in [4.78, 5) is 4.78. The van der Waals surface area contributed by atoms with E-state index < -0.39 is 11.4 Å². The fourth-order valence-corrected chi connectivity index (χ4v) is 5.65. The van der Waals surface area contributed by atoms with Gasteiger partial charge in [-0.15, -0.1) is 0 Å². The number of nitrogens with zero attached hydrogens (tertiary/aromatic N) is 2. The molecule has 37 heavy (non-hydrogen) atoms. The number of ether oxygens (including phenoxy) is 1. The largest absolute Gasteiger partial charge is 0.401 e. The molecule has 2 aromatic heterocycles. The SMILES string of the molecule is CN/C(=C(/C)N)c1cnc2c3c(F)cc(C(C)(C)O)cc3n(C(c3ccccc3)C3CCOCC3)c2c1. The Balaban J connectivity index is 1.91. The summed E-state index contributed by atoms with van der Waals surface area (Å²) < 4.78 is 23.8. The van der Waals surface area contributed by atoms with Crippen LogP contribution in [0.25, 0.3) is 27.6 Å². The molecule has 1 aliphatic heterocycles. The minimum absolute atomic E-state index is 0.0698. The minimum Gasteiger partial charge on any atom is -0.401 e. The summed E-state index contributed by atoms with van der Waals surface area (Å²) in [7, 11) is 1.83. The van der Waals surface area contributed by atoms with Gasteiger partial charge in [-0.05, 0) is 68.9 Å². The van der Waals surface area contributed by atoms with E-state index in [0.29, 0.717) is 35.4 Å². The van der Waals surface area contributed by atoms with Crippen molar-refractivity contribution >= 4 is 27.6 Å². The van der Waals surface area contributed by atoms with Gasteiger partial charge in [0.15, 0.2) is 0 Å². The highest BCUT2D eigenvalue weighted by atomic mass is 19.1. The number of aliphatic hydroxyl groups is 1. The van der Waals surface area contributed by atoms with E-state index in [0.717, 1.165) is 40.7 Å². The lowest BCUT2D eigenvalue weighted by molar-refractivity contribution is 0.0552. The maximum absolute atomic E-state index is 15.9. The monoisotopic (exact) mass is 502 g/mol. The van der Waals surface area contributed by atoms with Crippen molar-refractivity contribution in [3.8, 4) is 0 Å². The Kier molecular flexibility index (Phi) is 6.68. The molecular formula is C30H35FN4O2. The molecule has 7 heteroatoms. The predicted molar refractivity (Wildman–Crippen MR) is 146 cm³/mol. The molecule has 4 N–H and O–H groups in total. The number of hydrogen-bond acceptors (Lipinski definition) is 5. The predicted octanol–water partition coefficient (Wildman–Crippen LogP) is 5.44. The van der Waals surface area contributed by atoms with E-state index in [4.69, 9.17) is 15.5 Å². The van der Waals surface area contributed by atoms with Crippen LogP contribution < -0.4 is 11.1 Å². The molecule has 1 aliphatic rings. The van der Waals surface area contributed by atoms with Crippen LogP contribution in [0.5, 0.6) is 0 Å². The summed E-state index contributed by atoms with van der Waals surface area (Å²) in [5, 5.41) is 14.5. The van der Waals surface area contributed by atoms with Crippen molar-refractivity contribution in [2.24, 2.45) is 11.7 Å². The summed E-state index contributed by atoms with van der Waals surface area (Å²) in [5.41, 5.74) is 11.0. The Morgan fingerprint density at radius 1 is 1.16 bits per heavy atom. The summed E-state index contributed by atoms with van der Waals surface area (Å²) in [6.07, 6.45) is 3.53. The van der Waals surface area contributed by atoms with E-state index in [1.54, 1.807) is 20.0 Å². The third-order valence-corrected chi connectivity index (χ3v) is 7.46. The molecule has 1 unspecified atom stereocenters. The van der Waals surface area contributed by atoms with Crippen molar-refractivity contribution in [2.45, 2.75) is 45.3 Å². The molecule has 194 valence electrons. The van der Waals surface area contributed by atoms with Crippen molar-refractivity contribution in [1.82, 2.24) is 14.9 Å². The standard InChI is InChI=1S/C30H35FN4O2/c1-18(32)27(33-4)21-14-25-28(34-17-21)26-23(31)15-22(30(2,3)36)16-24(26)35(25)29(19-8-6-5-7-9-19)20-10-12-37-13-11-20/h5-9,14-17,20,29,33,36H,10-13,32H2,1-4H3/b27-18-. The van der Waals surface area contributed by atoms with Crippen LogP contribution in [0.1, 0.15) is 56.3 Å². The third-order valence-electron chi connectivity index (χ3n) is 7.46. The second-order valence-corrected chi connectivity index (χ2v) is 10.5. The second kappa shape index (κ2) is 9.80. The number of allylic oxidation sites excluding steroid dienone is 1. The topological polar surface area (TPSA) is 85.3 Å². The Hall–Kier alpha value is -3.42. The molecule has 1 atom stereocenters. The molecule has 0 aliphatic carbocycles. The number of pyridine rings is 1. The van der Waals surface area contributed by atoms with Crippen molar-refractivity contribution in [1.29, 1.82) is 0 Å². The normalized spacial score (nSPS) is 16.7. The Bertz CT molecular complexity index is 1460. The van der Waals surface area contributed by atoms with E-state index >= 15 is 4.39 Å². The fraction of sp³-hybridized carbons (Fsp3) is 0.367. The summed E-state index contributed by atoms with van der Waals surface area (Å²) >= 11 is 0. The fourth-order valence-electron chi connectivity index (χ4n) is 5.65. The van der Waals surface area contributed by atoms with E-state index in [1.807, 2.05) is 44.3 Å². The molecule has 1 saturated heterocycles. The number of benzene rings is 2. The molecule has 2 aromatic carbocycles. The van der Waals surface area contributed by atoms with Gasteiger partial charge in [-0.1, -0.05) is 30.3 Å². The van der Waals surface area contributed by atoms with Crippen LogP contribution in [-0.2, 0) is 10.3 Å². The van der Waals surface area contributed by atoms with Crippen molar-refractivity contribution in [2.75, 3.05) is 20.3 Å². The summed E-state index contributed by atoms with van der Waals surface area (Å²) in [5.74, 6) is -0.111. The first kappa shape index (κ1) is 25.2. The number of nitrogens with two attached hydrogens (primary N) is 1. The van der Waals surface area contributed by atoms with Crippen molar-refractivity contribution in [3.63, 3.8) is 0 Å². The van der Waals surface area contributed by atoms with Crippen LogP contribution >= 0.6 is 0 Å². The molecule has 6 nitrogen and oxygen atoms in total. The molecule has 0 amide bonds. The highest BCUT2D eigenvalue weighted by Crippen LogP contribution is 2.42. The lowest BCUT2D eigenvalue weighted by atomic mass is 9.86. The van der Waals surface area contributed by atoms with Crippen LogP contribution in [-0.4, -0.2) is 34.9 Å². The first-order valence-electron chi connectivity index (χ1n) is 12.8. The summed E-state index contributed by atoms with van der Waals surface area (Å²) in [6.45, 7) is 6.58. The number of halogens is 1. The van der Waals surface area contributed by atoms with Gasteiger partial charge in [0, 0.05) is 37.7 Å². The average Bonchev–Trinajstić information content (AvgIpc) is 3.19. The molecule has 0 radical (unpaired) electrons. The molecule has 0 bridgehead atoms. The number of fused-ring (bicyclic) bond motifs is 3. The van der Waals surface area contributed by atoms with Crippen LogP contribution in [0.4, 0.5) is 4.39 Å². The van der Waals surface area contributed by atoms with E-state index in [1.165, 1.54) is 6.07 Å². The molecule has 0 spiro atoms. The van der Waals surface area contributed by atoms with Gasteiger partial charge in [0.05, 0.1) is 39.3 Å². The zero-order valence-electron chi connectivity index (χ0n) is 21.9. The zero-order valence-corrected chi connectivity index (χ0v) is 21.9. The lowest BCUT2D eigenvalue weighted by Gasteiger charge is -2.33. The maximum Gasteiger partial charge on any atom is 0.135 e. The highest BCUT2D eigenvalue weighted by molar-refractivity contribution is 6.07. The molecule has 0 saturated carbocycles. The number of aromatic nitrogens is 2. The number of hydrogen-bond donors (Lipinski definition) is 3. The zero-order chi connectivity index (χ0) is 26.3. The summed E-state index contributed by atoms with van der Waals surface area (Å²) in [6, 6.07) is 15.7. The van der Waals surface area contributed by atoms with Crippen LogP contribution in [0.3, 0.4) is 0 Å². The minimum atomic E-state index is -1.20. The van der Waals surface area contributed by atoms with Crippen LogP contribution in [0, 0.1) is 11.7 Å². The molecule has 4 aromatic rings. The maximum atomic E-state index is 15.9. The molecular weight excluding hydrogens is 467 g/mol. The van der Waals surface area contributed by atoms with Gasteiger partial charge >= 0.3 is 0 Å².